The zero-order chi connectivity index (χ0) is 16.7. The highest BCUT2D eigenvalue weighted by Gasteiger charge is 2.06. The quantitative estimate of drug-likeness (QED) is 0.852. The van der Waals surface area contributed by atoms with E-state index in [1.807, 2.05) is 56.3 Å². The van der Waals surface area contributed by atoms with Gasteiger partial charge in [0.1, 0.15) is 11.5 Å². The molecule has 1 N–H and O–H groups in total. The lowest BCUT2D eigenvalue weighted by atomic mass is 10.1. The summed E-state index contributed by atoms with van der Waals surface area (Å²) in [6.07, 6.45) is 0.322. The van der Waals surface area contributed by atoms with E-state index in [2.05, 4.69) is 5.32 Å². The average molecular weight is 313 g/mol. The summed E-state index contributed by atoms with van der Waals surface area (Å²) in [5.41, 5.74) is 3.25. The van der Waals surface area contributed by atoms with Crippen molar-refractivity contribution in [1.29, 1.82) is 0 Å². The maximum absolute atomic E-state index is 11.9. The van der Waals surface area contributed by atoms with E-state index in [1.165, 1.54) is 5.56 Å². The highest BCUT2D eigenvalue weighted by atomic mass is 16.5. The molecule has 0 radical (unpaired) electrons. The molecule has 4 heteroatoms. The summed E-state index contributed by atoms with van der Waals surface area (Å²) in [6, 6.07) is 13.6. The van der Waals surface area contributed by atoms with Gasteiger partial charge in [-0.15, -0.1) is 0 Å². The van der Waals surface area contributed by atoms with Gasteiger partial charge in [0.25, 0.3) is 0 Å². The van der Waals surface area contributed by atoms with Gasteiger partial charge in [-0.05, 0) is 37.1 Å². The predicted octanol–water partition coefficient (Wildman–Crippen LogP) is 3.40. The second-order valence-electron chi connectivity index (χ2n) is 5.39. The number of carbonyl (C=O) groups is 1. The zero-order valence-corrected chi connectivity index (χ0v) is 13.9. The van der Waals surface area contributed by atoms with E-state index < -0.39 is 0 Å². The molecular formula is C19H23NO3. The minimum Gasteiger partial charge on any atom is -0.496 e. The molecule has 0 heterocycles. The molecule has 0 bridgehead atoms. The number of methoxy groups -OCH3 is 1. The topological polar surface area (TPSA) is 47.6 Å². The first kappa shape index (κ1) is 16.9. The van der Waals surface area contributed by atoms with Crippen LogP contribution in [0.25, 0.3) is 0 Å². The van der Waals surface area contributed by atoms with Crippen molar-refractivity contribution in [2.45, 2.75) is 26.8 Å². The summed E-state index contributed by atoms with van der Waals surface area (Å²) in [5, 5.41) is 2.89. The van der Waals surface area contributed by atoms with E-state index in [4.69, 9.17) is 9.47 Å². The maximum atomic E-state index is 11.9. The predicted molar refractivity (Wildman–Crippen MR) is 90.9 cm³/mol. The van der Waals surface area contributed by atoms with Crippen LogP contribution < -0.4 is 14.8 Å². The molecule has 23 heavy (non-hydrogen) atoms. The highest BCUT2D eigenvalue weighted by Crippen LogP contribution is 2.20. The number of aryl methyl sites for hydroxylation is 1. The van der Waals surface area contributed by atoms with Crippen molar-refractivity contribution in [3.63, 3.8) is 0 Å². The summed E-state index contributed by atoms with van der Waals surface area (Å²) >= 11 is 0. The first-order valence-corrected chi connectivity index (χ1v) is 7.69. The Bertz CT molecular complexity index is 667. The van der Waals surface area contributed by atoms with Crippen molar-refractivity contribution in [3.8, 4) is 11.5 Å². The van der Waals surface area contributed by atoms with Gasteiger partial charge < -0.3 is 14.8 Å². The van der Waals surface area contributed by atoms with E-state index in [-0.39, 0.29) is 5.91 Å². The number of hydrogen-bond acceptors (Lipinski definition) is 3. The van der Waals surface area contributed by atoms with E-state index in [1.54, 1.807) is 7.11 Å². The average Bonchev–Trinajstić information content (AvgIpc) is 2.57. The van der Waals surface area contributed by atoms with Gasteiger partial charge in [0.05, 0.1) is 20.1 Å². The molecule has 0 aliphatic rings. The Morgan fingerprint density at radius 2 is 1.78 bits per heavy atom. The molecule has 122 valence electrons. The third kappa shape index (κ3) is 4.74. The Morgan fingerprint density at radius 1 is 1.04 bits per heavy atom. The zero-order valence-electron chi connectivity index (χ0n) is 13.9. The van der Waals surface area contributed by atoms with Crippen molar-refractivity contribution >= 4 is 5.91 Å². The van der Waals surface area contributed by atoms with Crippen LogP contribution in [0.15, 0.2) is 42.5 Å². The number of hydrogen-bond donors (Lipinski definition) is 1. The van der Waals surface area contributed by atoms with Crippen molar-refractivity contribution in [3.05, 3.63) is 59.2 Å². The van der Waals surface area contributed by atoms with E-state index >= 15 is 0 Å². The normalized spacial score (nSPS) is 10.2. The van der Waals surface area contributed by atoms with Crippen molar-refractivity contribution < 1.29 is 14.3 Å². The smallest absolute Gasteiger partial charge is 0.223 e. The fourth-order valence-corrected chi connectivity index (χ4v) is 2.27. The minimum atomic E-state index is -0.0405. The van der Waals surface area contributed by atoms with Crippen LogP contribution in [0, 0.1) is 13.8 Å². The van der Waals surface area contributed by atoms with Crippen LogP contribution in [0.5, 0.6) is 11.5 Å². The second-order valence-corrected chi connectivity index (χ2v) is 5.39. The SMILES string of the molecule is COc1ccccc1CNC(=O)CCOc1cccc(C)c1C. The molecule has 0 aliphatic carbocycles. The molecule has 0 atom stereocenters. The third-order valence-corrected chi connectivity index (χ3v) is 3.81. The standard InChI is InChI=1S/C19H23NO3/c1-14-7-6-10-17(15(14)2)23-12-11-19(21)20-13-16-8-4-5-9-18(16)22-3/h4-10H,11-13H2,1-3H3,(H,20,21). The minimum absolute atomic E-state index is 0.0405. The summed E-state index contributed by atoms with van der Waals surface area (Å²) in [4.78, 5) is 11.9. The summed E-state index contributed by atoms with van der Waals surface area (Å²) < 4.78 is 11.0. The van der Waals surface area contributed by atoms with Crippen LogP contribution in [0.3, 0.4) is 0 Å². The molecule has 0 saturated heterocycles. The molecule has 0 aromatic heterocycles. The van der Waals surface area contributed by atoms with Crippen LogP contribution in [0.4, 0.5) is 0 Å². The van der Waals surface area contributed by atoms with Crippen molar-refractivity contribution in [2.75, 3.05) is 13.7 Å². The number of para-hydroxylation sites is 1. The summed E-state index contributed by atoms with van der Waals surface area (Å²) in [5.74, 6) is 1.57. The van der Waals surface area contributed by atoms with Gasteiger partial charge in [-0.3, -0.25) is 4.79 Å². The van der Waals surface area contributed by atoms with Gasteiger partial charge in [0.15, 0.2) is 0 Å². The lowest BCUT2D eigenvalue weighted by molar-refractivity contribution is -0.121. The fourth-order valence-electron chi connectivity index (χ4n) is 2.27. The number of ether oxygens (including phenoxy) is 2. The molecule has 2 aromatic carbocycles. The number of amides is 1. The third-order valence-electron chi connectivity index (χ3n) is 3.81. The van der Waals surface area contributed by atoms with Gasteiger partial charge in [0, 0.05) is 12.1 Å². The van der Waals surface area contributed by atoms with Crippen molar-refractivity contribution in [2.24, 2.45) is 0 Å². The largest absolute Gasteiger partial charge is 0.496 e. The molecule has 0 fully saturated rings. The molecule has 0 saturated carbocycles. The Labute approximate surface area is 137 Å². The van der Waals surface area contributed by atoms with E-state index in [9.17, 15) is 4.79 Å². The Morgan fingerprint density at radius 3 is 2.57 bits per heavy atom. The molecule has 4 nitrogen and oxygen atoms in total. The first-order valence-electron chi connectivity index (χ1n) is 7.69. The Kier molecular flexibility index (Phi) is 6.03. The molecule has 0 unspecified atom stereocenters. The molecule has 2 rings (SSSR count). The summed E-state index contributed by atoms with van der Waals surface area (Å²) in [6.45, 7) is 4.88. The first-order chi connectivity index (χ1) is 11.1. The van der Waals surface area contributed by atoms with Crippen LogP contribution in [-0.2, 0) is 11.3 Å². The molecule has 0 spiro atoms. The van der Waals surface area contributed by atoms with E-state index in [0.717, 1.165) is 22.6 Å². The summed E-state index contributed by atoms with van der Waals surface area (Å²) in [7, 11) is 1.62. The van der Waals surface area contributed by atoms with Gasteiger partial charge in [-0.2, -0.15) is 0 Å². The van der Waals surface area contributed by atoms with Crippen molar-refractivity contribution in [1.82, 2.24) is 5.32 Å². The van der Waals surface area contributed by atoms with E-state index in [0.29, 0.717) is 19.6 Å². The number of nitrogens with one attached hydrogen (secondary N) is 1. The fraction of sp³-hybridized carbons (Fsp3) is 0.316. The number of carbonyl (C=O) groups excluding carboxylic acids is 1. The Balaban J connectivity index is 1.78. The molecule has 0 aliphatic heterocycles. The Hall–Kier alpha value is -2.49. The lowest BCUT2D eigenvalue weighted by Gasteiger charge is -2.12. The van der Waals surface area contributed by atoms with Crippen LogP contribution in [-0.4, -0.2) is 19.6 Å². The highest BCUT2D eigenvalue weighted by molar-refractivity contribution is 5.76. The monoisotopic (exact) mass is 313 g/mol. The van der Waals surface area contributed by atoms with Gasteiger partial charge in [-0.1, -0.05) is 30.3 Å². The van der Waals surface area contributed by atoms with Crippen LogP contribution >= 0.6 is 0 Å². The number of benzene rings is 2. The molecular weight excluding hydrogens is 290 g/mol. The van der Waals surface area contributed by atoms with Crippen LogP contribution in [0.1, 0.15) is 23.1 Å². The number of rotatable bonds is 7. The van der Waals surface area contributed by atoms with Gasteiger partial charge >= 0.3 is 0 Å². The molecule has 2 aromatic rings. The maximum Gasteiger partial charge on any atom is 0.223 e. The lowest BCUT2D eigenvalue weighted by Crippen LogP contribution is -2.24. The second kappa shape index (κ2) is 8.22. The molecule has 1 amide bonds. The van der Waals surface area contributed by atoms with Crippen LogP contribution in [0.2, 0.25) is 0 Å². The van der Waals surface area contributed by atoms with Gasteiger partial charge in [-0.25, -0.2) is 0 Å². The van der Waals surface area contributed by atoms with Gasteiger partial charge in [0.2, 0.25) is 5.91 Å².